The number of methoxy groups -OCH3 is 1. The van der Waals surface area contributed by atoms with Crippen molar-refractivity contribution in [1.29, 1.82) is 0 Å². The minimum absolute atomic E-state index is 0.0413. The highest BCUT2D eigenvalue weighted by Crippen LogP contribution is 2.39. The van der Waals surface area contributed by atoms with Crippen molar-refractivity contribution in [3.8, 4) is 0 Å². The van der Waals surface area contributed by atoms with E-state index in [9.17, 15) is 18.8 Å². The molecule has 0 aromatic rings. The Morgan fingerprint density at radius 2 is 1.94 bits per heavy atom. The second-order valence-electron chi connectivity index (χ2n) is 10.0. The Balaban J connectivity index is 1.30. The van der Waals surface area contributed by atoms with Crippen LogP contribution in [0.5, 0.6) is 0 Å². The van der Waals surface area contributed by atoms with Crippen LogP contribution in [0.3, 0.4) is 0 Å². The summed E-state index contributed by atoms with van der Waals surface area (Å²) >= 11 is 0. The van der Waals surface area contributed by atoms with Gasteiger partial charge in [0.15, 0.2) is 0 Å². The van der Waals surface area contributed by atoms with Crippen LogP contribution >= 0.6 is 0 Å². The molecule has 1 saturated carbocycles. The van der Waals surface area contributed by atoms with Crippen molar-refractivity contribution in [2.45, 2.75) is 50.7 Å². The Kier molecular flexibility index (Phi) is 7.23. The topological polar surface area (TPSA) is 82.2 Å². The first-order valence-electron chi connectivity index (χ1n) is 12.1. The maximum absolute atomic E-state index is 14.2. The fourth-order valence-electron chi connectivity index (χ4n) is 5.46. The normalized spacial score (nSPS) is 27.1. The molecule has 8 nitrogen and oxygen atoms in total. The Hall–Kier alpha value is -2.52. The molecular weight excluding hydrogens is 439 g/mol. The van der Waals surface area contributed by atoms with Crippen LogP contribution < -0.4 is 5.32 Å². The lowest BCUT2D eigenvalue weighted by atomic mass is 9.79. The van der Waals surface area contributed by atoms with Gasteiger partial charge in [0.2, 0.25) is 11.8 Å². The van der Waals surface area contributed by atoms with Crippen molar-refractivity contribution >= 4 is 17.7 Å². The molecule has 3 amide bonds. The van der Waals surface area contributed by atoms with E-state index in [2.05, 4.69) is 10.2 Å². The van der Waals surface area contributed by atoms with Gasteiger partial charge in [-0.25, -0.2) is 4.39 Å². The minimum atomic E-state index is -0.603. The molecule has 2 saturated heterocycles. The molecule has 2 aliphatic carbocycles. The van der Waals surface area contributed by atoms with E-state index in [1.807, 2.05) is 14.0 Å². The molecule has 9 heteroatoms. The van der Waals surface area contributed by atoms with Crippen molar-refractivity contribution in [3.05, 3.63) is 35.2 Å². The van der Waals surface area contributed by atoms with Crippen LogP contribution in [0.15, 0.2) is 35.2 Å². The van der Waals surface area contributed by atoms with E-state index in [1.165, 1.54) is 6.08 Å². The number of halogens is 1. The molecule has 0 aromatic carbocycles. The van der Waals surface area contributed by atoms with Crippen molar-refractivity contribution in [2.24, 2.45) is 5.92 Å². The summed E-state index contributed by atoms with van der Waals surface area (Å²) in [6.45, 7) is 4.06. The van der Waals surface area contributed by atoms with E-state index in [0.717, 1.165) is 25.0 Å². The largest absolute Gasteiger partial charge is 0.381 e. The summed E-state index contributed by atoms with van der Waals surface area (Å²) in [6, 6.07) is 0. The zero-order chi connectivity index (χ0) is 24.5. The summed E-state index contributed by atoms with van der Waals surface area (Å²) in [6.07, 6.45) is 8.47. The van der Waals surface area contributed by atoms with Gasteiger partial charge in [0, 0.05) is 33.8 Å². The number of carbonyl (C=O) groups excluding carboxylic acids is 3. The van der Waals surface area contributed by atoms with Gasteiger partial charge in [-0.3, -0.25) is 19.3 Å². The number of piperidine rings is 1. The molecule has 0 radical (unpaired) electrons. The Morgan fingerprint density at radius 1 is 1.24 bits per heavy atom. The zero-order valence-corrected chi connectivity index (χ0v) is 20.3. The first-order chi connectivity index (χ1) is 16.2. The molecule has 34 heavy (non-hydrogen) atoms. The van der Waals surface area contributed by atoms with Crippen molar-refractivity contribution in [3.63, 3.8) is 0 Å². The number of likely N-dealkylation sites (N-methyl/N-ethyl adjacent to an activating group) is 1. The predicted octanol–water partition coefficient (Wildman–Crippen LogP) is 1.75. The smallest absolute Gasteiger partial charge is 0.254 e. The lowest BCUT2D eigenvalue weighted by Crippen LogP contribution is -2.59. The second-order valence-corrected chi connectivity index (χ2v) is 10.0. The first-order valence-corrected chi connectivity index (χ1v) is 12.1. The maximum atomic E-state index is 14.2. The molecule has 4 rings (SSSR count). The van der Waals surface area contributed by atoms with Gasteiger partial charge in [-0.2, -0.15) is 0 Å². The van der Waals surface area contributed by atoms with Gasteiger partial charge in [0.1, 0.15) is 11.4 Å². The van der Waals surface area contributed by atoms with Gasteiger partial charge < -0.3 is 19.9 Å². The Bertz CT molecular complexity index is 929. The van der Waals surface area contributed by atoms with Crippen molar-refractivity contribution in [2.75, 3.05) is 47.0 Å². The second kappa shape index (κ2) is 10.00. The molecule has 2 heterocycles. The fourth-order valence-corrected chi connectivity index (χ4v) is 5.46. The quantitative estimate of drug-likeness (QED) is 0.634. The van der Waals surface area contributed by atoms with Gasteiger partial charge in [-0.15, -0.1) is 0 Å². The summed E-state index contributed by atoms with van der Waals surface area (Å²) in [5, 5.41) is 2.56. The van der Waals surface area contributed by atoms with E-state index >= 15 is 0 Å². The summed E-state index contributed by atoms with van der Waals surface area (Å²) in [5.41, 5.74) is 0.352. The van der Waals surface area contributed by atoms with Gasteiger partial charge in [-0.05, 0) is 51.0 Å². The van der Waals surface area contributed by atoms with E-state index < -0.39 is 17.3 Å². The number of ether oxygens (including phenoxy) is 1. The third-order valence-electron chi connectivity index (χ3n) is 7.73. The number of allylic oxidation sites excluding steroid dienone is 4. The summed E-state index contributed by atoms with van der Waals surface area (Å²) in [7, 11) is 3.58. The molecule has 0 unspecified atom stereocenters. The number of rotatable bonds is 6. The molecule has 0 bridgehead atoms. The van der Waals surface area contributed by atoms with Gasteiger partial charge in [-0.1, -0.05) is 17.7 Å². The fraction of sp³-hybridized carbons (Fsp3) is 0.640. The first kappa shape index (κ1) is 24.6. The number of nitrogens with one attached hydrogen (secondary N) is 1. The Morgan fingerprint density at radius 3 is 2.62 bits per heavy atom. The average Bonchev–Trinajstić information content (AvgIpc) is 2.91. The monoisotopic (exact) mass is 474 g/mol. The zero-order valence-electron chi connectivity index (χ0n) is 20.3. The van der Waals surface area contributed by atoms with Crippen LogP contribution in [0.4, 0.5) is 4.39 Å². The maximum Gasteiger partial charge on any atom is 0.254 e. The minimum Gasteiger partial charge on any atom is -0.381 e. The third kappa shape index (κ3) is 4.81. The highest BCUT2D eigenvalue weighted by molar-refractivity contribution is 5.99. The highest BCUT2D eigenvalue weighted by atomic mass is 19.1. The molecule has 0 atom stereocenters. The van der Waals surface area contributed by atoms with Crippen LogP contribution in [0, 0.1) is 5.92 Å². The number of amides is 3. The standard InChI is InChI=1S/C25H35FN4O4/c1-17-4-6-20(21(26)7-5-17)23(32)27-14-22(31)29-10-8-25(9-11-29)24(33)28(2)16-30(25)15-18-12-19(13-18)34-3/h5-7,18-19H,4,8-16H2,1-3H3,(H,27,32). The lowest BCUT2D eigenvalue weighted by molar-refractivity contribution is -0.141. The molecule has 0 aromatic heterocycles. The molecule has 4 aliphatic rings. The molecule has 3 fully saturated rings. The number of nitrogens with zero attached hydrogens (tertiary/aromatic N) is 3. The third-order valence-corrected chi connectivity index (χ3v) is 7.73. The lowest BCUT2D eigenvalue weighted by Gasteiger charge is -2.45. The Labute approximate surface area is 200 Å². The molecule has 1 N–H and O–H groups in total. The summed E-state index contributed by atoms with van der Waals surface area (Å²) in [5.74, 6) is -0.755. The van der Waals surface area contributed by atoms with Gasteiger partial charge in [0.05, 0.1) is 24.9 Å². The van der Waals surface area contributed by atoms with E-state index in [-0.39, 0.29) is 23.9 Å². The molecule has 1 spiro atoms. The van der Waals surface area contributed by atoms with Crippen LogP contribution in [0.2, 0.25) is 0 Å². The van der Waals surface area contributed by atoms with E-state index in [0.29, 0.717) is 51.0 Å². The van der Waals surface area contributed by atoms with Crippen LogP contribution in [-0.4, -0.2) is 91.1 Å². The van der Waals surface area contributed by atoms with E-state index in [4.69, 9.17) is 4.74 Å². The molecular formula is C25H35FN4O4. The number of hydrogen-bond acceptors (Lipinski definition) is 5. The molecule has 186 valence electrons. The SMILES string of the molecule is COC1CC(CN2CN(C)C(=O)C23CCN(C(=O)CNC(=O)C2=CCC(C)=CC=C2F)CC3)C1. The van der Waals surface area contributed by atoms with E-state index in [1.54, 1.807) is 29.1 Å². The van der Waals surface area contributed by atoms with Crippen LogP contribution in [-0.2, 0) is 19.1 Å². The van der Waals surface area contributed by atoms with Crippen LogP contribution in [0.1, 0.15) is 39.0 Å². The van der Waals surface area contributed by atoms with Gasteiger partial charge >= 0.3 is 0 Å². The highest BCUT2D eigenvalue weighted by Gasteiger charge is 2.53. The number of hydrogen-bond donors (Lipinski definition) is 1. The van der Waals surface area contributed by atoms with Gasteiger partial charge in [0.25, 0.3) is 5.91 Å². The van der Waals surface area contributed by atoms with Crippen molar-refractivity contribution in [1.82, 2.24) is 20.0 Å². The average molecular weight is 475 g/mol. The summed E-state index contributed by atoms with van der Waals surface area (Å²) < 4.78 is 19.6. The predicted molar refractivity (Wildman–Crippen MR) is 125 cm³/mol. The summed E-state index contributed by atoms with van der Waals surface area (Å²) in [4.78, 5) is 44.1. The van der Waals surface area contributed by atoms with Crippen LogP contribution in [0.25, 0.3) is 0 Å². The van der Waals surface area contributed by atoms with Crippen molar-refractivity contribution < 1.29 is 23.5 Å². The number of likely N-dealkylation sites (tertiary alicyclic amines) is 1. The number of carbonyl (C=O) groups is 3. The molecule has 2 aliphatic heterocycles.